The van der Waals surface area contributed by atoms with Crippen molar-refractivity contribution in [2.75, 3.05) is 0 Å². The second-order valence-corrected chi connectivity index (χ2v) is 4.36. The molecule has 0 spiro atoms. The minimum absolute atomic E-state index is 0.244. The van der Waals surface area contributed by atoms with Crippen molar-refractivity contribution in [2.24, 2.45) is 10.7 Å². The third kappa shape index (κ3) is 1.56. The lowest BCUT2D eigenvalue weighted by Gasteiger charge is -2.12. The lowest BCUT2D eigenvalue weighted by molar-refractivity contribution is 0.250. The molecule has 1 heterocycles. The summed E-state index contributed by atoms with van der Waals surface area (Å²) in [6, 6.07) is 7.65. The number of urea groups is 1. The van der Waals surface area contributed by atoms with Crippen LogP contribution in [-0.4, -0.2) is 11.9 Å². The smallest absolute Gasteiger partial charge is 0.343 e. The van der Waals surface area contributed by atoms with Crippen LogP contribution in [0.3, 0.4) is 0 Å². The topological polar surface area (TPSA) is 67.5 Å². The van der Waals surface area contributed by atoms with E-state index in [4.69, 9.17) is 5.73 Å². The molecule has 1 saturated carbocycles. The summed E-state index contributed by atoms with van der Waals surface area (Å²) in [5.74, 6) is 1.06. The van der Waals surface area contributed by atoms with Crippen LogP contribution in [0.1, 0.15) is 35.9 Å². The number of amides is 2. The summed E-state index contributed by atoms with van der Waals surface area (Å²) < 4.78 is 0. The molecule has 3 rings (SSSR count). The van der Waals surface area contributed by atoms with Crippen molar-refractivity contribution in [1.29, 1.82) is 0 Å². The Balaban J connectivity index is 1.91. The molecule has 0 radical (unpaired) electrons. The van der Waals surface area contributed by atoms with Gasteiger partial charge in [0.05, 0.1) is 0 Å². The molecule has 1 aromatic rings. The maximum atomic E-state index is 11.1. The predicted molar refractivity (Wildman–Crippen MR) is 61.3 cm³/mol. The summed E-state index contributed by atoms with van der Waals surface area (Å²) in [4.78, 5) is 14.8. The van der Waals surface area contributed by atoms with Crippen molar-refractivity contribution < 1.29 is 4.79 Å². The van der Waals surface area contributed by atoms with Crippen molar-refractivity contribution in [1.82, 2.24) is 5.32 Å². The third-order valence-electron chi connectivity index (χ3n) is 3.09. The quantitative estimate of drug-likeness (QED) is 0.788. The molecule has 1 aromatic carbocycles. The summed E-state index contributed by atoms with van der Waals surface area (Å²) in [6.45, 7) is 0. The molecule has 1 atom stereocenters. The van der Waals surface area contributed by atoms with E-state index in [0.29, 0.717) is 11.8 Å². The van der Waals surface area contributed by atoms with E-state index in [9.17, 15) is 4.79 Å². The molecule has 1 aliphatic heterocycles. The van der Waals surface area contributed by atoms with Crippen LogP contribution in [0, 0.1) is 0 Å². The highest BCUT2D eigenvalue weighted by molar-refractivity contribution is 6.03. The summed E-state index contributed by atoms with van der Waals surface area (Å²) in [5, 5.41) is 2.74. The van der Waals surface area contributed by atoms with E-state index in [2.05, 4.69) is 22.4 Å². The van der Waals surface area contributed by atoms with E-state index >= 15 is 0 Å². The Morgan fingerprint density at radius 1 is 1.31 bits per heavy atom. The fourth-order valence-corrected chi connectivity index (χ4v) is 2.07. The maximum absolute atomic E-state index is 11.1. The number of hydrogen-bond acceptors (Lipinski definition) is 2. The summed E-state index contributed by atoms with van der Waals surface area (Å²) in [6.07, 6.45) is 2.54. The molecule has 0 bridgehead atoms. The molecular weight excluding hydrogens is 202 g/mol. The van der Waals surface area contributed by atoms with Gasteiger partial charge in [-0.1, -0.05) is 24.3 Å². The molecule has 0 saturated heterocycles. The van der Waals surface area contributed by atoms with Crippen molar-refractivity contribution in [3.63, 3.8) is 0 Å². The number of nitrogens with one attached hydrogen (secondary N) is 1. The van der Waals surface area contributed by atoms with Gasteiger partial charge in [-0.3, -0.25) is 0 Å². The summed E-state index contributed by atoms with van der Waals surface area (Å²) >= 11 is 0. The van der Waals surface area contributed by atoms with Crippen molar-refractivity contribution in [2.45, 2.75) is 24.8 Å². The van der Waals surface area contributed by atoms with Gasteiger partial charge in [0.25, 0.3) is 0 Å². The number of aliphatic imine (C=N–C) groups is 1. The highest BCUT2D eigenvalue weighted by atomic mass is 16.2. The number of amidine groups is 1. The SMILES string of the molecule is NC1=NC(=O)NC1c1cccc(C2CC2)c1. The summed E-state index contributed by atoms with van der Waals surface area (Å²) in [5.41, 5.74) is 8.07. The average Bonchev–Trinajstić information content (AvgIpc) is 3.05. The minimum atomic E-state index is -0.348. The lowest BCUT2D eigenvalue weighted by atomic mass is 10.0. The van der Waals surface area contributed by atoms with E-state index in [1.165, 1.54) is 18.4 Å². The van der Waals surface area contributed by atoms with Crippen LogP contribution < -0.4 is 11.1 Å². The predicted octanol–water partition coefficient (Wildman–Crippen LogP) is 1.69. The normalized spacial score (nSPS) is 24.1. The number of hydrogen-bond donors (Lipinski definition) is 2. The van der Waals surface area contributed by atoms with Crippen LogP contribution in [0.15, 0.2) is 29.3 Å². The van der Waals surface area contributed by atoms with Crippen LogP contribution in [0.25, 0.3) is 0 Å². The van der Waals surface area contributed by atoms with E-state index in [0.717, 1.165) is 5.56 Å². The molecule has 2 aliphatic rings. The zero-order valence-electron chi connectivity index (χ0n) is 8.81. The number of carbonyl (C=O) groups is 1. The standard InChI is InChI=1S/C12H13N3O/c13-11-10(14-12(16)15-11)9-3-1-2-8(6-9)7-4-5-7/h1-3,6-7,10H,4-5H2,(H3,13,14,15,16). The third-order valence-corrected chi connectivity index (χ3v) is 3.09. The van der Waals surface area contributed by atoms with Gasteiger partial charge in [-0.15, -0.1) is 0 Å². The number of benzene rings is 1. The first kappa shape index (κ1) is 9.39. The number of nitrogens with two attached hydrogens (primary N) is 1. The molecule has 82 valence electrons. The molecule has 1 aliphatic carbocycles. The van der Waals surface area contributed by atoms with Gasteiger partial charge in [-0.05, 0) is 29.9 Å². The second kappa shape index (κ2) is 3.33. The Kier molecular flexibility index (Phi) is 1.96. The first-order valence-electron chi connectivity index (χ1n) is 5.48. The Morgan fingerprint density at radius 2 is 2.06 bits per heavy atom. The number of nitrogens with zero attached hydrogens (tertiary/aromatic N) is 1. The van der Waals surface area contributed by atoms with Gasteiger partial charge in [0.2, 0.25) is 0 Å². The van der Waals surface area contributed by atoms with Gasteiger partial charge in [-0.25, -0.2) is 4.79 Å². The zero-order valence-corrected chi connectivity index (χ0v) is 8.81. The van der Waals surface area contributed by atoms with E-state index in [1.54, 1.807) is 0 Å². The fraction of sp³-hybridized carbons (Fsp3) is 0.333. The van der Waals surface area contributed by atoms with Crippen LogP contribution in [0.5, 0.6) is 0 Å². The lowest BCUT2D eigenvalue weighted by Crippen LogP contribution is -2.27. The molecule has 4 heteroatoms. The number of carbonyl (C=O) groups excluding carboxylic acids is 1. The molecule has 2 amide bonds. The Labute approximate surface area is 93.6 Å². The Bertz CT molecular complexity index is 477. The molecule has 0 aromatic heterocycles. The van der Waals surface area contributed by atoms with Crippen molar-refractivity contribution >= 4 is 11.9 Å². The van der Waals surface area contributed by atoms with Gasteiger partial charge < -0.3 is 11.1 Å². The molecular formula is C12H13N3O. The molecule has 4 nitrogen and oxygen atoms in total. The fourth-order valence-electron chi connectivity index (χ4n) is 2.07. The van der Waals surface area contributed by atoms with Crippen LogP contribution in [0.4, 0.5) is 4.79 Å². The molecule has 16 heavy (non-hydrogen) atoms. The molecule has 1 unspecified atom stereocenters. The van der Waals surface area contributed by atoms with Gasteiger partial charge in [0, 0.05) is 0 Å². The van der Waals surface area contributed by atoms with Gasteiger partial charge in [0.15, 0.2) is 0 Å². The van der Waals surface area contributed by atoms with E-state index in [1.807, 2.05) is 12.1 Å². The van der Waals surface area contributed by atoms with Crippen LogP contribution in [0.2, 0.25) is 0 Å². The highest BCUT2D eigenvalue weighted by Crippen LogP contribution is 2.40. The van der Waals surface area contributed by atoms with E-state index in [-0.39, 0.29) is 12.1 Å². The molecule has 1 fully saturated rings. The van der Waals surface area contributed by atoms with Gasteiger partial charge >= 0.3 is 6.03 Å². The average molecular weight is 215 g/mol. The second-order valence-electron chi connectivity index (χ2n) is 4.36. The zero-order chi connectivity index (χ0) is 11.1. The van der Waals surface area contributed by atoms with Crippen LogP contribution in [-0.2, 0) is 0 Å². The first-order chi connectivity index (χ1) is 7.74. The van der Waals surface area contributed by atoms with Crippen molar-refractivity contribution in [3.8, 4) is 0 Å². The van der Waals surface area contributed by atoms with Gasteiger partial charge in [0.1, 0.15) is 11.9 Å². The Morgan fingerprint density at radius 3 is 2.69 bits per heavy atom. The summed E-state index contributed by atoms with van der Waals surface area (Å²) in [7, 11) is 0. The number of rotatable bonds is 2. The van der Waals surface area contributed by atoms with Crippen molar-refractivity contribution in [3.05, 3.63) is 35.4 Å². The Hall–Kier alpha value is -1.84. The first-order valence-corrected chi connectivity index (χ1v) is 5.48. The van der Waals surface area contributed by atoms with E-state index < -0.39 is 0 Å². The minimum Gasteiger partial charge on any atom is -0.385 e. The van der Waals surface area contributed by atoms with Gasteiger partial charge in [-0.2, -0.15) is 4.99 Å². The monoisotopic (exact) mass is 215 g/mol. The molecule has 3 N–H and O–H groups in total. The maximum Gasteiger partial charge on any atom is 0.343 e. The highest BCUT2D eigenvalue weighted by Gasteiger charge is 2.27. The largest absolute Gasteiger partial charge is 0.385 e. The van der Waals surface area contributed by atoms with Crippen LogP contribution >= 0.6 is 0 Å².